The van der Waals surface area contributed by atoms with Crippen LogP contribution in [0.15, 0.2) is 65.1 Å². The minimum atomic E-state index is -0.751. The lowest BCUT2D eigenvalue weighted by Gasteiger charge is -2.21. The van der Waals surface area contributed by atoms with Gasteiger partial charge in [0.2, 0.25) is 0 Å². The van der Waals surface area contributed by atoms with Crippen molar-refractivity contribution < 1.29 is 27.8 Å². The Kier molecular flexibility index (Phi) is 5.81. The zero-order valence-electron chi connectivity index (χ0n) is 16.1. The van der Waals surface area contributed by atoms with Crippen LogP contribution < -0.4 is 4.74 Å². The summed E-state index contributed by atoms with van der Waals surface area (Å²) in [6.07, 6.45) is -0.474. The number of aliphatic hydroxyl groups excluding tert-OH is 1. The first-order chi connectivity index (χ1) is 14.5. The van der Waals surface area contributed by atoms with E-state index in [2.05, 4.69) is 0 Å². The summed E-state index contributed by atoms with van der Waals surface area (Å²) in [5.74, 6) is 0.141. The van der Waals surface area contributed by atoms with E-state index in [1.165, 1.54) is 36.4 Å². The topological polar surface area (TPSA) is 62.9 Å². The number of hydrogen-bond donors (Lipinski definition) is 1. The number of rotatable bonds is 4. The predicted octanol–water partition coefficient (Wildman–Crippen LogP) is 4.27. The molecule has 0 unspecified atom stereocenters. The van der Waals surface area contributed by atoms with Crippen molar-refractivity contribution in [3.8, 4) is 17.1 Å². The second kappa shape index (κ2) is 8.67. The zero-order chi connectivity index (χ0) is 21.1. The van der Waals surface area contributed by atoms with E-state index < -0.39 is 12.2 Å². The molecule has 1 amide bonds. The molecule has 30 heavy (non-hydrogen) atoms. The number of halogens is 2. The summed E-state index contributed by atoms with van der Waals surface area (Å²) in [6.45, 7) is 0.740. The normalized spacial score (nSPS) is 19.4. The van der Waals surface area contributed by atoms with Gasteiger partial charge < -0.3 is 19.2 Å². The Morgan fingerprint density at radius 3 is 2.27 bits per heavy atom. The fraction of sp³-hybridized carbons (Fsp3) is 0.261. The zero-order valence-corrected chi connectivity index (χ0v) is 16.1. The van der Waals surface area contributed by atoms with Gasteiger partial charge in [-0.25, -0.2) is 8.78 Å². The summed E-state index contributed by atoms with van der Waals surface area (Å²) in [6, 6.07) is 14.7. The molecule has 1 aromatic heterocycles. The molecular weight excluding hydrogens is 392 g/mol. The first-order valence-corrected chi connectivity index (χ1v) is 9.75. The van der Waals surface area contributed by atoms with Crippen LogP contribution in [-0.2, 0) is 0 Å². The van der Waals surface area contributed by atoms with Gasteiger partial charge in [0, 0.05) is 25.1 Å². The summed E-state index contributed by atoms with van der Waals surface area (Å²) in [5.41, 5.74) is 0.675. The number of ether oxygens (including phenoxy) is 1. The van der Waals surface area contributed by atoms with Crippen LogP contribution in [0.5, 0.6) is 5.75 Å². The Hall–Kier alpha value is -3.19. The Bertz CT molecular complexity index is 1000. The van der Waals surface area contributed by atoms with Crippen molar-refractivity contribution in [2.75, 3.05) is 13.1 Å². The van der Waals surface area contributed by atoms with Crippen molar-refractivity contribution in [2.24, 2.45) is 0 Å². The average Bonchev–Trinajstić information content (AvgIpc) is 3.17. The molecule has 2 aromatic carbocycles. The predicted molar refractivity (Wildman–Crippen MR) is 106 cm³/mol. The lowest BCUT2D eigenvalue weighted by Crippen LogP contribution is -2.32. The van der Waals surface area contributed by atoms with E-state index in [1.807, 2.05) is 0 Å². The van der Waals surface area contributed by atoms with Gasteiger partial charge in [0.15, 0.2) is 5.76 Å². The molecule has 1 aliphatic rings. The fourth-order valence-electron chi connectivity index (χ4n) is 3.47. The van der Waals surface area contributed by atoms with E-state index >= 15 is 0 Å². The van der Waals surface area contributed by atoms with Crippen LogP contribution in [0.25, 0.3) is 11.3 Å². The first-order valence-electron chi connectivity index (χ1n) is 9.75. The number of aliphatic hydroxyl groups is 1. The van der Waals surface area contributed by atoms with Crippen LogP contribution >= 0.6 is 0 Å². The van der Waals surface area contributed by atoms with Crippen LogP contribution in [0.2, 0.25) is 0 Å². The number of likely N-dealkylation sites (tertiary alicyclic amines) is 1. The maximum Gasteiger partial charge on any atom is 0.289 e. The summed E-state index contributed by atoms with van der Waals surface area (Å²) in [5, 5.41) is 10.4. The number of carbonyl (C=O) groups excluding carboxylic acids is 1. The summed E-state index contributed by atoms with van der Waals surface area (Å²) < 4.78 is 37.6. The second-order valence-corrected chi connectivity index (χ2v) is 7.22. The molecule has 0 aliphatic carbocycles. The highest BCUT2D eigenvalue weighted by molar-refractivity contribution is 5.92. The molecule has 3 aromatic rings. The van der Waals surface area contributed by atoms with Gasteiger partial charge in [-0.3, -0.25) is 4.79 Å². The number of benzene rings is 2. The Labute approximate surface area is 172 Å². The van der Waals surface area contributed by atoms with Gasteiger partial charge in [-0.2, -0.15) is 0 Å². The Balaban J connectivity index is 1.41. The second-order valence-electron chi connectivity index (χ2n) is 7.22. The van der Waals surface area contributed by atoms with E-state index in [0.29, 0.717) is 43.0 Å². The Morgan fingerprint density at radius 1 is 0.933 bits per heavy atom. The molecule has 1 saturated heterocycles. The van der Waals surface area contributed by atoms with Crippen molar-refractivity contribution in [1.82, 2.24) is 4.90 Å². The molecule has 1 aliphatic heterocycles. The van der Waals surface area contributed by atoms with Gasteiger partial charge in [0.1, 0.15) is 29.2 Å². The minimum absolute atomic E-state index is 0.182. The van der Waals surface area contributed by atoms with E-state index in [-0.39, 0.29) is 23.3 Å². The quantitative estimate of drug-likeness (QED) is 0.694. The molecule has 7 heteroatoms. The van der Waals surface area contributed by atoms with Gasteiger partial charge in [0.25, 0.3) is 5.91 Å². The van der Waals surface area contributed by atoms with Crippen LogP contribution in [-0.4, -0.2) is 41.2 Å². The minimum Gasteiger partial charge on any atom is -0.488 e. The maximum atomic E-state index is 13.1. The number of nitrogens with zero attached hydrogens (tertiary/aromatic N) is 1. The SMILES string of the molecule is O=C(c1ccc(-c2ccc(F)cc2)o1)N1CC[C@H](Oc2ccc(F)cc2)[C@@H](O)CC1. The van der Waals surface area contributed by atoms with E-state index in [4.69, 9.17) is 9.15 Å². The number of carbonyl (C=O) groups is 1. The van der Waals surface area contributed by atoms with Crippen molar-refractivity contribution in [1.29, 1.82) is 0 Å². The molecule has 4 rings (SSSR count). The fourth-order valence-corrected chi connectivity index (χ4v) is 3.47. The van der Waals surface area contributed by atoms with Crippen molar-refractivity contribution in [3.63, 3.8) is 0 Å². The van der Waals surface area contributed by atoms with Crippen molar-refractivity contribution in [2.45, 2.75) is 25.0 Å². The number of amides is 1. The summed E-state index contributed by atoms with van der Waals surface area (Å²) in [4.78, 5) is 14.5. The average molecular weight is 413 g/mol. The van der Waals surface area contributed by atoms with Gasteiger partial charge in [-0.1, -0.05) is 0 Å². The third kappa shape index (κ3) is 4.52. The maximum absolute atomic E-state index is 13.1. The highest BCUT2D eigenvalue weighted by atomic mass is 19.1. The Morgan fingerprint density at radius 2 is 1.57 bits per heavy atom. The van der Waals surface area contributed by atoms with E-state index in [0.717, 1.165) is 0 Å². The summed E-state index contributed by atoms with van der Waals surface area (Å²) >= 11 is 0. The molecule has 0 radical (unpaired) electrons. The monoisotopic (exact) mass is 413 g/mol. The van der Waals surface area contributed by atoms with Gasteiger partial charge in [0.05, 0.1) is 6.10 Å². The molecule has 1 fully saturated rings. The molecule has 5 nitrogen and oxygen atoms in total. The van der Waals surface area contributed by atoms with E-state index in [1.54, 1.807) is 29.2 Å². The first kappa shape index (κ1) is 20.1. The molecule has 0 bridgehead atoms. The molecular formula is C23H21F2NO4. The largest absolute Gasteiger partial charge is 0.488 e. The summed E-state index contributed by atoms with van der Waals surface area (Å²) in [7, 11) is 0. The third-order valence-corrected chi connectivity index (χ3v) is 5.14. The molecule has 2 atom stereocenters. The van der Waals surface area contributed by atoms with Crippen molar-refractivity contribution >= 4 is 5.91 Å². The van der Waals surface area contributed by atoms with Crippen LogP contribution in [0, 0.1) is 11.6 Å². The molecule has 0 spiro atoms. The van der Waals surface area contributed by atoms with Crippen molar-refractivity contribution in [3.05, 3.63) is 78.1 Å². The molecule has 156 valence electrons. The van der Waals surface area contributed by atoms with Crippen LogP contribution in [0.1, 0.15) is 23.4 Å². The van der Waals surface area contributed by atoms with E-state index in [9.17, 15) is 18.7 Å². The highest BCUT2D eigenvalue weighted by Gasteiger charge is 2.30. The van der Waals surface area contributed by atoms with Gasteiger partial charge in [-0.05, 0) is 67.1 Å². The standard InChI is InChI=1S/C23H21F2NO4/c24-16-3-1-15(2-4-16)20-9-10-22(30-20)23(28)26-13-11-19(27)21(12-14-26)29-18-7-5-17(25)6-8-18/h1-10,19,21,27H,11-14H2/t19-,21-/m0/s1. The lowest BCUT2D eigenvalue weighted by atomic mass is 10.1. The molecule has 2 heterocycles. The van der Waals surface area contributed by atoms with Crippen LogP contribution in [0.4, 0.5) is 8.78 Å². The molecule has 0 saturated carbocycles. The smallest absolute Gasteiger partial charge is 0.289 e. The highest BCUT2D eigenvalue weighted by Crippen LogP contribution is 2.25. The van der Waals surface area contributed by atoms with Crippen LogP contribution in [0.3, 0.4) is 0 Å². The number of hydrogen-bond acceptors (Lipinski definition) is 4. The number of furan rings is 1. The third-order valence-electron chi connectivity index (χ3n) is 5.14. The van der Waals surface area contributed by atoms with Gasteiger partial charge in [-0.15, -0.1) is 0 Å². The lowest BCUT2D eigenvalue weighted by molar-refractivity contribution is 0.0349. The molecule has 1 N–H and O–H groups in total. The van der Waals surface area contributed by atoms with Gasteiger partial charge >= 0.3 is 0 Å².